The molecule has 2 N–H and O–H groups in total. The number of aromatic nitrogens is 1. The molecule has 116 valence electrons. The van der Waals surface area contributed by atoms with Crippen LogP contribution in [0.4, 0.5) is 5.82 Å². The van der Waals surface area contributed by atoms with Crippen molar-refractivity contribution in [2.24, 2.45) is 0 Å². The maximum atomic E-state index is 12.1. The number of hydrogen-bond acceptors (Lipinski definition) is 3. The van der Waals surface area contributed by atoms with Crippen LogP contribution in [0.5, 0.6) is 0 Å². The largest absolute Gasteiger partial charge is 0.370 e. The zero-order chi connectivity index (χ0) is 15.8. The van der Waals surface area contributed by atoms with Crippen molar-refractivity contribution < 1.29 is 4.79 Å². The summed E-state index contributed by atoms with van der Waals surface area (Å²) < 4.78 is 0. The van der Waals surface area contributed by atoms with E-state index in [0.29, 0.717) is 12.1 Å². The number of hydrogen-bond donors (Lipinski definition) is 2. The van der Waals surface area contributed by atoms with Crippen LogP contribution in [-0.4, -0.2) is 17.4 Å². The zero-order valence-corrected chi connectivity index (χ0v) is 13.2. The summed E-state index contributed by atoms with van der Waals surface area (Å²) in [4.78, 5) is 16.4. The first-order chi connectivity index (χ1) is 10.7. The first-order valence-corrected chi connectivity index (χ1v) is 7.72. The van der Waals surface area contributed by atoms with E-state index in [-0.39, 0.29) is 5.91 Å². The first-order valence-electron chi connectivity index (χ1n) is 7.72. The second-order valence-corrected chi connectivity index (χ2v) is 5.38. The lowest BCUT2D eigenvalue weighted by molar-refractivity contribution is 0.0950. The van der Waals surface area contributed by atoms with Gasteiger partial charge in [-0.15, -0.1) is 0 Å². The molecule has 1 amide bonds. The molecule has 2 aromatic rings. The highest BCUT2D eigenvalue weighted by molar-refractivity contribution is 5.94. The Morgan fingerprint density at radius 1 is 1.23 bits per heavy atom. The van der Waals surface area contributed by atoms with E-state index in [4.69, 9.17) is 0 Å². The highest BCUT2D eigenvalue weighted by atomic mass is 16.1. The molecule has 0 saturated carbocycles. The molecule has 2 rings (SSSR count). The van der Waals surface area contributed by atoms with Crippen molar-refractivity contribution in [3.63, 3.8) is 0 Å². The standard InChI is InChI=1S/C18H23N3O/c1-3-4-10-19-17-9-8-16(13-20-17)18(22)21-12-15-7-5-6-14(2)11-15/h5-9,11,13H,3-4,10,12H2,1-2H3,(H,19,20)(H,21,22). The van der Waals surface area contributed by atoms with Gasteiger partial charge in [-0.3, -0.25) is 4.79 Å². The van der Waals surface area contributed by atoms with Gasteiger partial charge in [0.25, 0.3) is 5.91 Å². The van der Waals surface area contributed by atoms with E-state index >= 15 is 0 Å². The summed E-state index contributed by atoms with van der Waals surface area (Å²) in [5.74, 6) is 0.706. The molecule has 0 aliphatic rings. The van der Waals surface area contributed by atoms with Crippen LogP contribution in [0.1, 0.15) is 41.3 Å². The Morgan fingerprint density at radius 3 is 2.77 bits per heavy atom. The second kappa shape index (κ2) is 8.17. The molecule has 0 saturated heterocycles. The van der Waals surface area contributed by atoms with Gasteiger partial charge in [-0.1, -0.05) is 43.2 Å². The van der Waals surface area contributed by atoms with E-state index in [2.05, 4.69) is 28.6 Å². The average Bonchev–Trinajstić information content (AvgIpc) is 2.54. The maximum absolute atomic E-state index is 12.1. The molecular formula is C18H23N3O. The fraction of sp³-hybridized carbons (Fsp3) is 0.333. The third kappa shape index (κ3) is 4.88. The number of pyridine rings is 1. The van der Waals surface area contributed by atoms with Gasteiger partial charge < -0.3 is 10.6 Å². The van der Waals surface area contributed by atoms with Crippen molar-refractivity contribution in [3.05, 3.63) is 59.3 Å². The summed E-state index contributed by atoms with van der Waals surface area (Å²) in [7, 11) is 0. The van der Waals surface area contributed by atoms with Crippen molar-refractivity contribution in [1.82, 2.24) is 10.3 Å². The van der Waals surface area contributed by atoms with Crippen LogP contribution in [-0.2, 0) is 6.54 Å². The summed E-state index contributed by atoms with van der Waals surface area (Å²) in [6, 6.07) is 11.8. The van der Waals surface area contributed by atoms with Gasteiger partial charge in [0.2, 0.25) is 0 Å². The average molecular weight is 297 g/mol. The molecule has 0 fully saturated rings. The number of carbonyl (C=O) groups excluding carboxylic acids is 1. The molecule has 0 spiro atoms. The molecule has 22 heavy (non-hydrogen) atoms. The Hall–Kier alpha value is -2.36. The van der Waals surface area contributed by atoms with Crippen molar-refractivity contribution in [3.8, 4) is 0 Å². The zero-order valence-electron chi connectivity index (χ0n) is 13.2. The monoisotopic (exact) mass is 297 g/mol. The molecule has 1 aromatic carbocycles. The number of nitrogens with one attached hydrogen (secondary N) is 2. The molecule has 1 heterocycles. The van der Waals surface area contributed by atoms with Crippen LogP contribution >= 0.6 is 0 Å². The minimum atomic E-state index is -0.103. The molecule has 1 aromatic heterocycles. The van der Waals surface area contributed by atoms with Crippen molar-refractivity contribution in [2.75, 3.05) is 11.9 Å². The number of carbonyl (C=O) groups is 1. The van der Waals surface area contributed by atoms with E-state index in [1.807, 2.05) is 31.2 Å². The summed E-state index contributed by atoms with van der Waals surface area (Å²) in [6.45, 7) is 5.62. The summed E-state index contributed by atoms with van der Waals surface area (Å²) in [6.07, 6.45) is 3.87. The van der Waals surface area contributed by atoms with Crippen LogP contribution in [0.2, 0.25) is 0 Å². The Labute approximate surface area is 132 Å². The predicted octanol–water partition coefficient (Wildman–Crippen LogP) is 3.53. The fourth-order valence-electron chi connectivity index (χ4n) is 2.13. The number of unbranched alkanes of at least 4 members (excludes halogenated alkanes) is 1. The van der Waals surface area contributed by atoms with Crippen LogP contribution < -0.4 is 10.6 Å². The molecule has 4 heteroatoms. The SMILES string of the molecule is CCCCNc1ccc(C(=O)NCc2cccc(C)c2)cn1. The fourth-order valence-corrected chi connectivity index (χ4v) is 2.13. The molecule has 0 aliphatic carbocycles. The predicted molar refractivity (Wildman–Crippen MR) is 90.0 cm³/mol. The van der Waals surface area contributed by atoms with Gasteiger partial charge >= 0.3 is 0 Å². The van der Waals surface area contributed by atoms with Gasteiger partial charge in [-0.2, -0.15) is 0 Å². The van der Waals surface area contributed by atoms with E-state index in [9.17, 15) is 4.79 Å². The minimum absolute atomic E-state index is 0.103. The van der Waals surface area contributed by atoms with Gasteiger partial charge in [-0.25, -0.2) is 4.98 Å². The Morgan fingerprint density at radius 2 is 2.09 bits per heavy atom. The van der Waals surface area contributed by atoms with E-state index < -0.39 is 0 Å². The lowest BCUT2D eigenvalue weighted by Crippen LogP contribution is -2.23. The molecular weight excluding hydrogens is 274 g/mol. The third-order valence-electron chi connectivity index (χ3n) is 3.40. The quantitative estimate of drug-likeness (QED) is 0.769. The van der Waals surface area contributed by atoms with E-state index in [1.165, 1.54) is 5.56 Å². The van der Waals surface area contributed by atoms with Gasteiger partial charge in [0.05, 0.1) is 5.56 Å². The van der Waals surface area contributed by atoms with Crippen LogP contribution in [0.15, 0.2) is 42.6 Å². The maximum Gasteiger partial charge on any atom is 0.253 e. The van der Waals surface area contributed by atoms with Gasteiger partial charge in [-0.05, 0) is 31.0 Å². The summed E-state index contributed by atoms with van der Waals surface area (Å²) >= 11 is 0. The van der Waals surface area contributed by atoms with E-state index in [1.54, 1.807) is 12.3 Å². The van der Waals surface area contributed by atoms with Gasteiger partial charge in [0, 0.05) is 19.3 Å². The molecule has 0 aliphatic heterocycles. The highest BCUT2D eigenvalue weighted by Gasteiger charge is 2.06. The minimum Gasteiger partial charge on any atom is -0.370 e. The van der Waals surface area contributed by atoms with E-state index in [0.717, 1.165) is 30.8 Å². The molecule has 0 atom stereocenters. The van der Waals surface area contributed by atoms with Crippen LogP contribution in [0, 0.1) is 6.92 Å². The van der Waals surface area contributed by atoms with Crippen molar-refractivity contribution in [2.45, 2.75) is 33.2 Å². The Bertz CT molecular complexity index is 608. The lowest BCUT2D eigenvalue weighted by atomic mass is 10.1. The normalized spacial score (nSPS) is 10.3. The third-order valence-corrected chi connectivity index (χ3v) is 3.40. The molecule has 0 unspecified atom stereocenters. The van der Waals surface area contributed by atoms with Crippen LogP contribution in [0.25, 0.3) is 0 Å². The molecule has 4 nitrogen and oxygen atoms in total. The highest BCUT2D eigenvalue weighted by Crippen LogP contribution is 2.07. The molecule has 0 radical (unpaired) electrons. The topological polar surface area (TPSA) is 54.0 Å². The first kappa shape index (κ1) is 16.0. The number of amides is 1. The van der Waals surface area contributed by atoms with Crippen molar-refractivity contribution >= 4 is 11.7 Å². The number of nitrogens with zero attached hydrogens (tertiary/aromatic N) is 1. The lowest BCUT2D eigenvalue weighted by Gasteiger charge is -2.07. The van der Waals surface area contributed by atoms with Gasteiger partial charge in [0.1, 0.15) is 5.82 Å². The van der Waals surface area contributed by atoms with Crippen LogP contribution in [0.3, 0.4) is 0 Å². The number of rotatable bonds is 7. The van der Waals surface area contributed by atoms with Gasteiger partial charge in [0.15, 0.2) is 0 Å². The number of benzene rings is 1. The smallest absolute Gasteiger partial charge is 0.253 e. The number of aryl methyl sites for hydroxylation is 1. The molecule has 0 bridgehead atoms. The van der Waals surface area contributed by atoms with Crippen molar-refractivity contribution in [1.29, 1.82) is 0 Å². The summed E-state index contributed by atoms with van der Waals surface area (Å²) in [5, 5.41) is 6.15. The Kier molecular flexibility index (Phi) is 5.95. The summed E-state index contributed by atoms with van der Waals surface area (Å²) in [5.41, 5.74) is 2.86. The number of anilines is 1. The Balaban J connectivity index is 1.87. The second-order valence-electron chi connectivity index (χ2n) is 5.38.